The van der Waals surface area contributed by atoms with E-state index in [0.29, 0.717) is 0 Å². The van der Waals surface area contributed by atoms with E-state index < -0.39 is 0 Å². The molecule has 98 valence electrons. The molecular weight excluding hydrogens is 196 g/mol. The van der Waals surface area contributed by atoms with Crippen LogP contribution in [0, 0.1) is 5.92 Å². The van der Waals surface area contributed by atoms with Gasteiger partial charge < -0.3 is 11.1 Å². The summed E-state index contributed by atoms with van der Waals surface area (Å²) in [6, 6.07) is 0. The molecule has 0 bridgehead atoms. The smallest absolute Gasteiger partial charge is 0.00458 e. The molecule has 0 saturated carbocycles. The van der Waals surface area contributed by atoms with Crippen molar-refractivity contribution in [2.24, 2.45) is 11.7 Å². The maximum absolute atomic E-state index is 5.66. The van der Waals surface area contributed by atoms with Crippen molar-refractivity contribution in [3.8, 4) is 0 Å². The maximum Gasteiger partial charge on any atom is -0.00458 e. The molecule has 0 aliphatic rings. The summed E-state index contributed by atoms with van der Waals surface area (Å²) < 4.78 is 0. The van der Waals surface area contributed by atoms with Crippen LogP contribution >= 0.6 is 0 Å². The summed E-state index contributed by atoms with van der Waals surface area (Å²) in [5, 5.41) is 3.52. The lowest BCUT2D eigenvalue weighted by atomic mass is 10.0. The van der Waals surface area contributed by atoms with Gasteiger partial charge in [0.15, 0.2) is 0 Å². The van der Waals surface area contributed by atoms with Crippen LogP contribution in [-0.4, -0.2) is 19.6 Å². The molecule has 2 nitrogen and oxygen atoms in total. The van der Waals surface area contributed by atoms with E-state index in [1.807, 2.05) is 0 Å². The predicted octanol–water partition coefficient (Wildman–Crippen LogP) is 3.31. The second-order valence-electron chi connectivity index (χ2n) is 4.82. The zero-order chi connectivity index (χ0) is 12.1. The van der Waals surface area contributed by atoms with Gasteiger partial charge >= 0.3 is 0 Å². The van der Waals surface area contributed by atoms with Gasteiger partial charge in [0, 0.05) is 0 Å². The Morgan fingerprint density at radius 3 is 2.25 bits per heavy atom. The second kappa shape index (κ2) is 13.0. The Bertz CT molecular complexity index is 122. The molecule has 2 heteroatoms. The lowest BCUT2D eigenvalue weighted by Gasteiger charge is -2.12. The molecule has 0 rings (SSSR count). The van der Waals surface area contributed by atoms with Gasteiger partial charge in [-0.15, -0.1) is 0 Å². The summed E-state index contributed by atoms with van der Waals surface area (Å²) in [4.78, 5) is 0. The Hall–Kier alpha value is -0.0800. The molecule has 16 heavy (non-hydrogen) atoms. The average molecular weight is 228 g/mol. The minimum atomic E-state index is 0.719. The van der Waals surface area contributed by atoms with E-state index in [1.54, 1.807) is 0 Å². The van der Waals surface area contributed by atoms with Gasteiger partial charge in [-0.3, -0.25) is 0 Å². The van der Waals surface area contributed by atoms with Crippen LogP contribution in [0.1, 0.15) is 65.2 Å². The molecule has 0 aliphatic carbocycles. The zero-order valence-corrected chi connectivity index (χ0v) is 11.4. The van der Waals surface area contributed by atoms with Crippen LogP contribution in [-0.2, 0) is 0 Å². The number of unbranched alkanes of at least 4 members (excludes halogenated alkanes) is 5. The molecule has 0 spiro atoms. The van der Waals surface area contributed by atoms with Gasteiger partial charge in [-0.2, -0.15) is 0 Å². The summed E-state index contributed by atoms with van der Waals surface area (Å²) in [6.07, 6.45) is 10.8. The highest BCUT2D eigenvalue weighted by atomic mass is 14.8. The van der Waals surface area contributed by atoms with Crippen molar-refractivity contribution in [2.45, 2.75) is 65.2 Å². The molecular formula is C14H32N2. The van der Waals surface area contributed by atoms with Crippen LogP contribution in [0.5, 0.6) is 0 Å². The SMILES string of the molecule is CCCCCCCCNCCC(CC)CN. The first-order valence-electron chi connectivity index (χ1n) is 7.25. The molecule has 0 saturated heterocycles. The molecule has 0 heterocycles. The van der Waals surface area contributed by atoms with Gasteiger partial charge in [-0.25, -0.2) is 0 Å². The number of hydrogen-bond donors (Lipinski definition) is 2. The molecule has 3 N–H and O–H groups in total. The van der Waals surface area contributed by atoms with E-state index >= 15 is 0 Å². The van der Waals surface area contributed by atoms with Crippen LogP contribution in [0.2, 0.25) is 0 Å². The van der Waals surface area contributed by atoms with Crippen LogP contribution in [0.3, 0.4) is 0 Å². The summed E-state index contributed by atoms with van der Waals surface area (Å²) in [5.41, 5.74) is 5.66. The van der Waals surface area contributed by atoms with E-state index in [4.69, 9.17) is 5.73 Å². The average Bonchev–Trinajstić information content (AvgIpc) is 2.32. The molecule has 0 aromatic rings. The van der Waals surface area contributed by atoms with E-state index in [0.717, 1.165) is 19.0 Å². The van der Waals surface area contributed by atoms with Crippen molar-refractivity contribution >= 4 is 0 Å². The van der Waals surface area contributed by atoms with Crippen molar-refractivity contribution < 1.29 is 0 Å². The quantitative estimate of drug-likeness (QED) is 0.503. The van der Waals surface area contributed by atoms with Crippen molar-refractivity contribution in [1.82, 2.24) is 5.32 Å². The molecule has 1 atom stereocenters. The second-order valence-corrected chi connectivity index (χ2v) is 4.82. The van der Waals surface area contributed by atoms with Gasteiger partial charge in [0.1, 0.15) is 0 Å². The minimum Gasteiger partial charge on any atom is -0.330 e. The molecule has 1 unspecified atom stereocenters. The molecule has 0 fully saturated rings. The van der Waals surface area contributed by atoms with Crippen LogP contribution < -0.4 is 11.1 Å². The van der Waals surface area contributed by atoms with E-state index in [1.165, 1.54) is 57.9 Å². The highest BCUT2D eigenvalue weighted by Crippen LogP contribution is 2.05. The maximum atomic E-state index is 5.66. The first-order valence-corrected chi connectivity index (χ1v) is 7.25. The Labute approximate surface area is 102 Å². The van der Waals surface area contributed by atoms with E-state index in [-0.39, 0.29) is 0 Å². The molecule has 0 aromatic heterocycles. The number of nitrogens with two attached hydrogens (primary N) is 1. The number of hydrogen-bond acceptors (Lipinski definition) is 2. The Morgan fingerprint density at radius 1 is 0.938 bits per heavy atom. The Balaban J connectivity index is 3.03. The van der Waals surface area contributed by atoms with Gasteiger partial charge in [0.2, 0.25) is 0 Å². The summed E-state index contributed by atoms with van der Waals surface area (Å²) >= 11 is 0. The standard InChI is InChI=1S/C14H32N2/c1-3-5-6-7-8-9-11-16-12-10-14(4-2)13-15/h14,16H,3-13,15H2,1-2H3. The highest BCUT2D eigenvalue weighted by Gasteiger charge is 2.01. The fourth-order valence-corrected chi connectivity index (χ4v) is 1.95. The Morgan fingerprint density at radius 2 is 1.62 bits per heavy atom. The summed E-state index contributed by atoms with van der Waals surface area (Å²) in [7, 11) is 0. The first-order chi connectivity index (χ1) is 7.85. The molecule has 0 amide bonds. The van der Waals surface area contributed by atoms with Crippen molar-refractivity contribution in [2.75, 3.05) is 19.6 Å². The number of nitrogens with one attached hydrogen (secondary N) is 1. The molecule has 0 radical (unpaired) electrons. The highest BCUT2D eigenvalue weighted by molar-refractivity contribution is 4.59. The molecule has 0 aliphatic heterocycles. The number of rotatable bonds is 12. The van der Waals surface area contributed by atoms with Gasteiger partial charge in [0.25, 0.3) is 0 Å². The lowest BCUT2D eigenvalue weighted by Crippen LogP contribution is -2.22. The minimum absolute atomic E-state index is 0.719. The van der Waals surface area contributed by atoms with Crippen molar-refractivity contribution in [3.63, 3.8) is 0 Å². The summed E-state index contributed by atoms with van der Waals surface area (Å²) in [5.74, 6) is 0.719. The normalized spacial score (nSPS) is 12.9. The largest absolute Gasteiger partial charge is 0.330 e. The third-order valence-electron chi connectivity index (χ3n) is 3.35. The summed E-state index contributed by atoms with van der Waals surface area (Å²) in [6.45, 7) is 7.67. The van der Waals surface area contributed by atoms with Crippen molar-refractivity contribution in [1.29, 1.82) is 0 Å². The lowest BCUT2D eigenvalue weighted by molar-refractivity contribution is 0.456. The van der Waals surface area contributed by atoms with Crippen LogP contribution in [0.15, 0.2) is 0 Å². The van der Waals surface area contributed by atoms with E-state index in [2.05, 4.69) is 19.2 Å². The zero-order valence-electron chi connectivity index (χ0n) is 11.4. The third kappa shape index (κ3) is 10.4. The van der Waals surface area contributed by atoms with E-state index in [9.17, 15) is 0 Å². The predicted molar refractivity (Wildman–Crippen MR) is 73.7 cm³/mol. The van der Waals surface area contributed by atoms with Gasteiger partial charge in [0.05, 0.1) is 0 Å². The van der Waals surface area contributed by atoms with Crippen molar-refractivity contribution in [3.05, 3.63) is 0 Å². The van der Waals surface area contributed by atoms with Gasteiger partial charge in [-0.05, 0) is 38.4 Å². The van der Waals surface area contributed by atoms with Crippen LogP contribution in [0.4, 0.5) is 0 Å². The third-order valence-corrected chi connectivity index (χ3v) is 3.35. The van der Waals surface area contributed by atoms with Crippen LogP contribution in [0.25, 0.3) is 0 Å². The fourth-order valence-electron chi connectivity index (χ4n) is 1.95. The van der Waals surface area contributed by atoms with Gasteiger partial charge in [-0.1, -0.05) is 52.4 Å². The monoisotopic (exact) mass is 228 g/mol. The first kappa shape index (κ1) is 15.9. The Kier molecular flexibility index (Phi) is 12.9. The fraction of sp³-hybridized carbons (Fsp3) is 1.00. The topological polar surface area (TPSA) is 38.0 Å². The molecule has 0 aromatic carbocycles.